The van der Waals surface area contributed by atoms with E-state index in [4.69, 9.17) is 5.11 Å². The molecule has 1 aliphatic heterocycles. The number of aromatic nitrogens is 1. The number of rotatable bonds is 6. The van der Waals surface area contributed by atoms with Gasteiger partial charge < -0.3 is 20.2 Å². The van der Waals surface area contributed by atoms with Gasteiger partial charge in [-0.2, -0.15) is 0 Å². The molecule has 2 heterocycles. The molecule has 2 N–H and O–H groups in total. The lowest BCUT2D eigenvalue weighted by Crippen LogP contribution is -2.44. The number of carbonyl (C=O) groups excluding carboxylic acids is 1. The summed E-state index contributed by atoms with van der Waals surface area (Å²) in [4.78, 5) is 20.6. The van der Waals surface area contributed by atoms with Crippen molar-refractivity contribution in [3.05, 3.63) is 23.9 Å². The Hall–Kier alpha value is -1.66. The van der Waals surface area contributed by atoms with Gasteiger partial charge in [0.15, 0.2) is 0 Å². The molecule has 0 aliphatic carbocycles. The summed E-state index contributed by atoms with van der Waals surface area (Å²) < 4.78 is 0. The van der Waals surface area contributed by atoms with E-state index in [9.17, 15) is 4.79 Å². The summed E-state index contributed by atoms with van der Waals surface area (Å²) in [6.07, 6.45) is 3.77. The van der Waals surface area contributed by atoms with Crippen LogP contribution >= 0.6 is 0 Å². The van der Waals surface area contributed by atoms with Crippen molar-refractivity contribution in [2.75, 3.05) is 44.7 Å². The van der Waals surface area contributed by atoms with Gasteiger partial charge in [0.2, 0.25) is 0 Å². The Balaban J connectivity index is 1.90. The first-order valence-corrected chi connectivity index (χ1v) is 7.96. The summed E-state index contributed by atoms with van der Waals surface area (Å²) in [6.45, 7) is 5.36. The van der Waals surface area contributed by atoms with E-state index >= 15 is 0 Å². The Morgan fingerprint density at radius 3 is 2.73 bits per heavy atom. The van der Waals surface area contributed by atoms with Crippen LogP contribution in [0.2, 0.25) is 0 Å². The molecule has 6 heteroatoms. The number of hydrogen-bond acceptors (Lipinski definition) is 5. The molecule has 0 atom stereocenters. The van der Waals surface area contributed by atoms with Gasteiger partial charge >= 0.3 is 0 Å². The van der Waals surface area contributed by atoms with Crippen molar-refractivity contribution in [3.8, 4) is 0 Å². The lowest BCUT2D eigenvalue weighted by atomic mass is 10.0. The number of likely N-dealkylation sites (N-methyl/N-ethyl adjacent to an activating group) is 1. The predicted molar refractivity (Wildman–Crippen MR) is 87.2 cm³/mol. The molecule has 0 aromatic carbocycles. The van der Waals surface area contributed by atoms with Crippen LogP contribution in [0, 0.1) is 0 Å². The zero-order chi connectivity index (χ0) is 15.9. The maximum Gasteiger partial charge on any atom is 0.252 e. The van der Waals surface area contributed by atoms with E-state index in [-0.39, 0.29) is 12.5 Å². The quantitative estimate of drug-likeness (QED) is 0.811. The number of piperidine rings is 1. The summed E-state index contributed by atoms with van der Waals surface area (Å²) in [6, 6.07) is 4.28. The lowest BCUT2D eigenvalue weighted by Gasteiger charge is -2.37. The molecule has 6 nitrogen and oxygen atoms in total. The van der Waals surface area contributed by atoms with Crippen LogP contribution in [-0.4, -0.2) is 66.8 Å². The third-order valence-corrected chi connectivity index (χ3v) is 4.21. The van der Waals surface area contributed by atoms with E-state index in [2.05, 4.69) is 27.1 Å². The van der Waals surface area contributed by atoms with Gasteiger partial charge in [0.25, 0.3) is 5.91 Å². The summed E-state index contributed by atoms with van der Waals surface area (Å²) >= 11 is 0. The van der Waals surface area contributed by atoms with Crippen LogP contribution in [-0.2, 0) is 0 Å². The van der Waals surface area contributed by atoms with Crippen molar-refractivity contribution >= 4 is 11.7 Å². The second-order valence-electron chi connectivity index (χ2n) is 5.69. The number of amides is 1. The molecule has 22 heavy (non-hydrogen) atoms. The maximum absolute atomic E-state index is 11.7. The minimum Gasteiger partial charge on any atom is -0.395 e. The molecule has 0 radical (unpaired) electrons. The van der Waals surface area contributed by atoms with E-state index in [1.54, 1.807) is 6.20 Å². The number of aliphatic hydroxyl groups is 1. The van der Waals surface area contributed by atoms with Gasteiger partial charge in [-0.05, 0) is 38.9 Å². The SMILES string of the molecule is CCNC(=O)c1ccc(N2CCC(N(C)CCO)CC2)nc1. The third-order valence-electron chi connectivity index (χ3n) is 4.21. The zero-order valence-electron chi connectivity index (χ0n) is 13.5. The molecule has 122 valence electrons. The van der Waals surface area contributed by atoms with Crippen LogP contribution in [0.4, 0.5) is 5.82 Å². The summed E-state index contributed by atoms with van der Waals surface area (Å²) in [5, 5.41) is 11.8. The fourth-order valence-electron chi connectivity index (χ4n) is 2.85. The van der Waals surface area contributed by atoms with Crippen molar-refractivity contribution in [1.29, 1.82) is 0 Å². The minimum atomic E-state index is -0.0779. The number of anilines is 1. The van der Waals surface area contributed by atoms with E-state index in [1.807, 2.05) is 19.1 Å². The van der Waals surface area contributed by atoms with Crippen LogP contribution in [0.5, 0.6) is 0 Å². The highest BCUT2D eigenvalue weighted by atomic mass is 16.3. The Kier molecular flexibility index (Phi) is 6.15. The Morgan fingerprint density at radius 2 is 2.18 bits per heavy atom. The van der Waals surface area contributed by atoms with Gasteiger partial charge in [0.05, 0.1) is 12.2 Å². The molecule has 1 saturated heterocycles. The van der Waals surface area contributed by atoms with Gasteiger partial charge in [-0.1, -0.05) is 0 Å². The van der Waals surface area contributed by atoms with Crippen molar-refractivity contribution in [2.24, 2.45) is 0 Å². The van der Waals surface area contributed by atoms with Gasteiger partial charge in [-0.15, -0.1) is 0 Å². The average molecular weight is 306 g/mol. The van der Waals surface area contributed by atoms with E-state index in [0.29, 0.717) is 18.2 Å². The first kappa shape index (κ1) is 16.7. The van der Waals surface area contributed by atoms with Crippen molar-refractivity contribution in [2.45, 2.75) is 25.8 Å². The molecule has 0 bridgehead atoms. The van der Waals surface area contributed by atoms with Gasteiger partial charge in [0.1, 0.15) is 5.82 Å². The molecule has 0 unspecified atom stereocenters. The molecular formula is C16H26N4O2. The van der Waals surface area contributed by atoms with Gasteiger partial charge in [-0.25, -0.2) is 4.98 Å². The standard InChI is InChI=1S/C16H26N4O2/c1-3-17-16(22)13-4-5-15(18-12-13)20-8-6-14(7-9-20)19(2)10-11-21/h4-5,12,14,21H,3,6-11H2,1-2H3,(H,17,22). The van der Waals surface area contributed by atoms with Crippen molar-refractivity contribution in [1.82, 2.24) is 15.2 Å². The lowest BCUT2D eigenvalue weighted by molar-refractivity contribution is 0.0955. The minimum absolute atomic E-state index is 0.0779. The van der Waals surface area contributed by atoms with Crippen LogP contribution < -0.4 is 10.2 Å². The molecule has 1 amide bonds. The van der Waals surface area contributed by atoms with Gasteiger partial charge in [-0.3, -0.25) is 4.79 Å². The first-order valence-electron chi connectivity index (χ1n) is 7.96. The zero-order valence-corrected chi connectivity index (χ0v) is 13.5. The van der Waals surface area contributed by atoms with E-state index < -0.39 is 0 Å². The number of carbonyl (C=O) groups is 1. The van der Waals surface area contributed by atoms with Gasteiger partial charge in [0, 0.05) is 38.4 Å². The molecule has 1 aliphatic rings. The smallest absolute Gasteiger partial charge is 0.252 e. The molecule has 0 spiro atoms. The molecule has 0 saturated carbocycles. The topological polar surface area (TPSA) is 68.7 Å². The molecular weight excluding hydrogens is 280 g/mol. The van der Waals surface area contributed by atoms with Crippen LogP contribution in [0.25, 0.3) is 0 Å². The van der Waals surface area contributed by atoms with Crippen LogP contribution in [0.15, 0.2) is 18.3 Å². The second-order valence-corrected chi connectivity index (χ2v) is 5.69. The Labute approximate surface area is 132 Å². The number of nitrogens with one attached hydrogen (secondary N) is 1. The van der Waals surface area contributed by atoms with Crippen molar-refractivity contribution in [3.63, 3.8) is 0 Å². The highest BCUT2D eigenvalue weighted by Crippen LogP contribution is 2.20. The van der Waals surface area contributed by atoms with E-state index in [0.717, 1.165) is 38.3 Å². The number of hydrogen-bond donors (Lipinski definition) is 2. The normalized spacial score (nSPS) is 16.1. The Morgan fingerprint density at radius 1 is 1.45 bits per heavy atom. The first-order chi connectivity index (χ1) is 10.7. The fourth-order valence-corrected chi connectivity index (χ4v) is 2.85. The largest absolute Gasteiger partial charge is 0.395 e. The van der Waals surface area contributed by atoms with Crippen molar-refractivity contribution < 1.29 is 9.90 Å². The molecule has 2 rings (SSSR count). The molecule has 1 aromatic heterocycles. The van der Waals surface area contributed by atoms with E-state index in [1.165, 1.54) is 0 Å². The second kappa shape index (κ2) is 8.10. The maximum atomic E-state index is 11.7. The summed E-state index contributed by atoms with van der Waals surface area (Å²) in [5.41, 5.74) is 0.600. The summed E-state index contributed by atoms with van der Waals surface area (Å²) in [5.74, 6) is 0.849. The molecule has 1 fully saturated rings. The number of aliphatic hydroxyl groups excluding tert-OH is 1. The highest BCUT2D eigenvalue weighted by molar-refractivity contribution is 5.93. The number of pyridine rings is 1. The predicted octanol–water partition coefficient (Wildman–Crippen LogP) is 0.724. The average Bonchev–Trinajstić information content (AvgIpc) is 2.55. The van der Waals surface area contributed by atoms with Crippen LogP contribution in [0.1, 0.15) is 30.1 Å². The number of nitrogens with zero attached hydrogens (tertiary/aromatic N) is 3. The Bertz CT molecular complexity index is 470. The fraction of sp³-hybridized carbons (Fsp3) is 0.625. The monoisotopic (exact) mass is 306 g/mol. The summed E-state index contributed by atoms with van der Waals surface area (Å²) in [7, 11) is 2.07. The highest BCUT2D eigenvalue weighted by Gasteiger charge is 2.22. The molecule has 1 aromatic rings. The third kappa shape index (κ3) is 4.18. The van der Waals surface area contributed by atoms with Crippen LogP contribution in [0.3, 0.4) is 0 Å².